The number of nitrogens with zero attached hydrogens (tertiary/aromatic N) is 2. The Morgan fingerprint density at radius 1 is 0.574 bits per heavy atom. The summed E-state index contributed by atoms with van der Waals surface area (Å²) in [7, 11) is -3.89. The third kappa shape index (κ3) is 6.68. The molecule has 0 spiro atoms. The van der Waals surface area contributed by atoms with Gasteiger partial charge in [-0.25, -0.2) is 17.2 Å². The normalized spacial score (nSPS) is 14.9. The molecule has 7 heteroatoms. The number of nitriles is 2. The molecular weight excluding hydrogens is 611 g/mol. The predicted octanol–water partition coefficient (Wildman–Crippen LogP) is 9.63. The van der Waals surface area contributed by atoms with Gasteiger partial charge < -0.3 is 0 Å². The van der Waals surface area contributed by atoms with Crippen molar-refractivity contribution in [3.05, 3.63) is 140 Å². The molecule has 0 fully saturated rings. The van der Waals surface area contributed by atoms with Gasteiger partial charge in [0.1, 0.15) is 11.6 Å². The standard InChI is InChI=1S/C40H34F2N2O2S/c1-25-9-11-27(17-33(25)21-43)35-5-3-7-37(35)29-13-15-31(39(41)19-29)23-47(45,46)24-32-16-14-30(20-40(32)42)38-8-4-6-36(38)28-12-10-26(2)34(18-28)22-44/h9-20H,3-8,23-24H2,1-2H3. The number of sulfone groups is 1. The van der Waals surface area contributed by atoms with Gasteiger partial charge in [-0.1, -0.05) is 48.5 Å². The van der Waals surface area contributed by atoms with Crippen LogP contribution in [0.3, 0.4) is 0 Å². The summed E-state index contributed by atoms with van der Waals surface area (Å²) in [6.45, 7) is 3.78. The topological polar surface area (TPSA) is 81.7 Å². The average Bonchev–Trinajstić information content (AvgIpc) is 3.74. The Kier molecular flexibility index (Phi) is 8.95. The summed E-state index contributed by atoms with van der Waals surface area (Å²) in [5.74, 6) is -2.31. The molecule has 2 aliphatic rings. The van der Waals surface area contributed by atoms with Crippen molar-refractivity contribution >= 4 is 32.1 Å². The molecule has 4 aromatic carbocycles. The van der Waals surface area contributed by atoms with Crippen LogP contribution >= 0.6 is 0 Å². The van der Waals surface area contributed by atoms with Crippen molar-refractivity contribution in [2.24, 2.45) is 0 Å². The smallest absolute Gasteiger partial charge is 0.158 e. The zero-order chi connectivity index (χ0) is 33.3. The second-order valence-electron chi connectivity index (χ2n) is 12.5. The van der Waals surface area contributed by atoms with E-state index < -0.39 is 33.0 Å². The maximum Gasteiger partial charge on any atom is 0.158 e. The van der Waals surface area contributed by atoms with E-state index in [1.165, 1.54) is 24.3 Å². The van der Waals surface area contributed by atoms with Gasteiger partial charge in [-0.05, 0) is 132 Å². The molecule has 6 rings (SSSR count). The summed E-state index contributed by atoms with van der Waals surface area (Å²) in [5, 5.41) is 18.9. The third-order valence-electron chi connectivity index (χ3n) is 9.40. The SMILES string of the molecule is Cc1ccc(C2=C(c3ccc(CS(=O)(=O)Cc4ccc(C5=C(c6ccc(C)c(C#N)c6)CCC5)cc4F)c(F)c3)CCC2)cc1C#N. The van der Waals surface area contributed by atoms with Gasteiger partial charge in [0.05, 0.1) is 34.8 Å². The highest BCUT2D eigenvalue weighted by molar-refractivity contribution is 7.89. The minimum atomic E-state index is -3.89. The number of hydrogen-bond acceptors (Lipinski definition) is 4. The van der Waals surface area contributed by atoms with Gasteiger partial charge in [-0.15, -0.1) is 0 Å². The molecule has 47 heavy (non-hydrogen) atoms. The highest BCUT2D eigenvalue weighted by Crippen LogP contribution is 2.42. The summed E-state index contributed by atoms with van der Waals surface area (Å²) < 4.78 is 57.2. The Balaban J connectivity index is 1.21. The minimum absolute atomic E-state index is 0.0450. The van der Waals surface area contributed by atoms with Gasteiger partial charge in [-0.3, -0.25) is 0 Å². The molecule has 0 atom stereocenters. The maximum atomic E-state index is 15.4. The fraction of sp³-hybridized carbons (Fsp3) is 0.250. The van der Waals surface area contributed by atoms with Gasteiger partial charge >= 0.3 is 0 Å². The molecule has 0 saturated carbocycles. The first-order valence-corrected chi connectivity index (χ1v) is 17.6. The van der Waals surface area contributed by atoms with Crippen LogP contribution in [0.1, 0.15) is 94.2 Å². The summed E-state index contributed by atoms with van der Waals surface area (Å²) in [5.41, 5.74) is 10.6. The van der Waals surface area contributed by atoms with Crippen LogP contribution in [-0.2, 0) is 21.3 Å². The lowest BCUT2D eigenvalue weighted by molar-refractivity contribution is 0.580. The fourth-order valence-electron chi connectivity index (χ4n) is 6.85. The van der Waals surface area contributed by atoms with E-state index in [2.05, 4.69) is 12.1 Å². The third-order valence-corrected chi connectivity index (χ3v) is 10.9. The molecule has 0 amide bonds. The first kappa shape index (κ1) is 32.1. The number of benzene rings is 4. The van der Waals surface area contributed by atoms with Crippen molar-refractivity contribution in [2.45, 2.75) is 63.9 Å². The number of allylic oxidation sites excluding steroid dienone is 4. The highest BCUT2D eigenvalue weighted by Gasteiger charge is 2.23. The summed E-state index contributed by atoms with van der Waals surface area (Å²) in [4.78, 5) is 0. The van der Waals surface area contributed by atoms with Crippen molar-refractivity contribution in [1.29, 1.82) is 10.5 Å². The monoisotopic (exact) mass is 644 g/mol. The van der Waals surface area contributed by atoms with Crippen LogP contribution in [0.2, 0.25) is 0 Å². The maximum absolute atomic E-state index is 15.4. The highest BCUT2D eigenvalue weighted by atomic mass is 32.2. The first-order valence-electron chi connectivity index (χ1n) is 15.8. The Morgan fingerprint density at radius 3 is 1.26 bits per heavy atom. The molecule has 236 valence electrons. The molecule has 0 aliphatic heterocycles. The Morgan fingerprint density at radius 2 is 0.915 bits per heavy atom. The van der Waals surface area contributed by atoms with E-state index in [0.717, 1.165) is 83.1 Å². The molecule has 0 heterocycles. The largest absolute Gasteiger partial charge is 0.228 e. The second-order valence-corrected chi connectivity index (χ2v) is 14.6. The van der Waals surface area contributed by atoms with E-state index in [1.54, 1.807) is 12.1 Å². The van der Waals surface area contributed by atoms with E-state index >= 15 is 8.78 Å². The second kappa shape index (κ2) is 13.1. The van der Waals surface area contributed by atoms with E-state index in [4.69, 9.17) is 0 Å². The quantitative estimate of drug-likeness (QED) is 0.191. The molecule has 4 nitrogen and oxygen atoms in total. The lowest BCUT2D eigenvalue weighted by Gasteiger charge is -2.13. The first-order chi connectivity index (χ1) is 22.6. The molecule has 4 aromatic rings. The van der Waals surface area contributed by atoms with Crippen LogP contribution in [0.15, 0.2) is 72.8 Å². The van der Waals surface area contributed by atoms with Crippen molar-refractivity contribution < 1.29 is 17.2 Å². The zero-order valence-electron chi connectivity index (χ0n) is 26.5. The van der Waals surface area contributed by atoms with Crippen LogP contribution < -0.4 is 0 Å². The zero-order valence-corrected chi connectivity index (χ0v) is 27.3. The van der Waals surface area contributed by atoms with E-state index in [-0.39, 0.29) is 11.1 Å². The predicted molar refractivity (Wildman–Crippen MR) is 182 cm³/mol. The molecule has 0 bridgehead atoms. The molecule has 0 N–H and O–H groups in total. The summed E-state index contributed by atoms with van der Waals surface area (Å²) in [6.07, 6.45) is 4.99. The van der Waals surface area contributed by atoms with Crippen LogP contribution in [0, 0.1) is 48.1 Å². The minimum Gasteiger partial charge on any atom is -0.228 e. The number of aryl methyl sites for hydroxylation is 2. The van der Waals surface area contributed by atoms with E-state index in [1.807, 2.05) is 50.2 Å². The molecule has 2 aliphatic carbocycles. The fourth-order valence-corrected chi connectivity index (χ4v) is 8.37. The Labute approximate surface area is 275 Å². The molecule has 0 aromatic heterocycles. The van der Waals surface area contributed by atoms with Gasteiger partial charge in [0.15, 0.2) is 9.84 Å². The van der Waals surface area contributed by atoms with Gasteiger partial charge in [0.2, 0.25) is 0 Å². The van der Waals surface area contributed by atoms with Crippen molar-refractivity contribution in [3.63, 3.8) is 0 Å². The number of halogens is 2. The van der Waals surface area contributed by atoms with Crippen molar-refractivity contribution in [2.75, 3.05) is 0 Å². The van der Waals surface area contributed by atoms with Gasteiger partial charge in [0, 0.05) is 11.1 Å². The lowest BCUT2D eigenvalue weighted by Crippen LogP contribution is -2.10. The van der Waals surface area contributed by atoms with Gasteiger partial charge in [-0.2, -0.15) is 10.5 Å². The Bertz CT molecular complexity index is 2030. The lowest BCUT2D eigenvalue weighted by atomic mass is 9.94. The molecular formula is C40H34F2N2O2S. The van der Waals surface area contributed by atoms with Crippen molar-refractivity contribution in [3.8, 4) is 12.1 Å². The Hall–Kier alpha value is -4.85. The molecule has 0 unspecified atom stereocenters. The molecule has 0 saturated heterocycles. The number of hydrogen-bond donors (Lipinski definition) is 0. The van der Waals surface area contributed by atoms with Crippen molar-refractivity contribution in [1.82, 2.24) is 0 Å². The van der Waals surface area contributed by atoms with Crippen LogP contribution in [0.5, 0.6) is 0 Å². The van der Waals surface area contributed by atoms with Gasteiger partial charge in [0.25, 0.3) is 0 Å². The molecule has 0 radical (unpaired) electrons. The average molecular weight is 645 g/mol. The summed E-state index contributed by atoms with van der Waals surface area (Å²) in [6, 6.07) is 25.3. The number of rotatable bonds is 8. The van der Waals surface area contributed by atoms with Crippen LogP contribution in [0.25, 0.3) is 22.3 Å². The summed E-state index contributed by atoms with van der Waals surface area (Å²) >= 11 is 0. The van der Waals surface area contributed by atoms with E-state index in [9.17, 15) is 18.9 Å². The van der Waals surface area contributed by atoms with Crippen LogP contribution in [0.4, 0.5) is 8.78 Å². The van der Waals surface area contributed by atoms with Crippen LogP contribution in [-0.4, -0.2) is 8.42 Å². The van der Waals surface area contributed by atoms with E-state index in [0.29, 0.717) is 22.3 Å².